The van der Waals surface area contributed by atoms with Crippen molar-refractivity contribution in [1.82, 2.24) is 15.2 Å². The molecule has 4 nitrogen and oxygen atoms in total. The Balaban J connectivity index is 1.30. The lowest BCUT2D eigenvalue weighted by Gasteiger charge is -2.33. The van der Waals surface area contributed by atoms with Crippen LogP contribution in [0.1, 0.15) is 30.7 Å². The third kappa shape index (κ3) is 3.44. The first-order valence-electron chi connectivity index (χ1n) is 8.99. The first-order valence-corrected chi connectivity index (χ1v) is 8.99. The Bertz CT molecular complexity index is 624. The maximum absolute atomic E-state index is 5.54. The summed E-state index contributed by atoms with van der Waals surface area (Å²) in [7, 11) is 0. The lowest BCUT2D eigenvalue weighted by molar-refractivity contribution is 0.0685. The maximum Gasteiger partial charge on any atom is 0.0620 e. The SMILES string of the molecule is c1ccc2c(C3CCN(CCC4COCCN4)CC3)c[nH]c2c1. The molecule has 0 amide bonds. The molecule has 4 heteroatoms. The lowest BCUT2D eigenvalue weighted by atomic mass is 9.89. The molecule has 2 saturated heterocycles. The molecular formula is C19H27N3O. The Labute approximate surface area is 138 Å². The van der Waals surface area contributed by atoms with Crippen molar-refractivity contribution in [3.05, 3.63) is 36.0 Å². The van der Waals surface area contributed by atoms with E-state index >= 15 is 0 Å². The van der Waals surface area contributed by atoms with Crippen LogP contribution in [-0.2, 0) is 4.74 Å². The summed E-state index contributed by atoms with van der Waals surface area (Å²) in [4.78, 5) is 6.06. The number of aromatic nitrogens is 1. The number of ether oxygens (including phenoxy) is 1. The molecule has 2 aromatic rings. The van der Waals surface area contributed by atoms with Crippen LogP contribution >= 0.6 is 0 Å². The number of piperidine rings is 1. The van der Waals surface area contributed by atoms with Crippen molar-refractivity contribution < 1.29 is 4.74 Å². The number of likely N-dealkylation sites (tertiary alicyclic amines) is 1. The van der Waals surface area contributed by atoms with Crippen molar-refractivity contribution >= 4 is 10.9 Å². The van der Waals surface area contributed by atoms with E-state index < -0.39 is 0 Å². The quantitative estimate of drug-likeness (QED) is 0.912. The normalized spacial score (nSPS) is 24.3. The van der Waals surface area contributed by atoms with Gasteiger partial charge in [0.15, 0.2) is 0 Å². The average Bonchev–Trinajstić information content (AvgIpc) is 3.05. The second kappa shape index (κ2) is 7.04. The predicted octanol–water partition coefficient (Wildman–Crippen LogP) is 2.73. The zero-order chi connectivity index (χ0) is 15.5. The number of nitrogens with zero attached hydrogens (tertiary/aromatic N) is 1. The molecular weight excluding hydrogens is 286 g/mol. The zero-order valence-corrected chi connectivity index (χ0v) is 13.8. The van der Waals surface area contributed by atoms with Crippen LogP contribution in [0.5, 0.6) is 0 Å². The van der Waals surface area contributed by atoms with E-state index in [0.29, 0.717) is 12.0 Å². The molecule has 0 spiro atoms. The Morgan fingerprint density at radius 2 is 2.04 bits per heavy atom. The van der Waals surface area contributed by atoms with Crippen molar-refractivity contribution in [2.75, 3.05) is 39.4 Å². The van der Waals surface area contributed by atoms with Crippen molar-refractivity contribution in [3.8, 4) is 0 Å². The molecule has 0 saturated carbocycles. The highest BCUT2D eigenvalue weighted by atomic mass is 16.5. The van der Waals surface area contributed by atoms with Crippen molar-refractivity contribution in [2.24, 2.45) is 0 Å². The fourth-order valence-electron chi connectivity index (χ4n) is 4.04. The van der Waals surface area contributed by atoms with Crippen LogP contribution < -0.4 is 5.32 Å². The van der Waals surface area contributed by atoms with Crippen molar-refractivity contribution in [3.63, 3.8) is 0 Å². The third-order valence-electron chi connectivity index (χ3n) is 5.44. The summed E-state index contributed by atoms with van der Waals surface area (Å²) < 4.78 is 5.54. The summed E-state index contributed by atoms with van der Waals surface area (Å²) in [6.45, 7) is 6.39. The van der Waals surface area contributed by atoms with Gasteiger partial charge in [-0.3, -0.25) is 0 Å². The van der Waals surface area contributed by atoms with Crippen molar-refractivity contribution in [1.29, 1.82) is 0 Å². The summed E-state index contributed by atoms with van der Waals surface area (Å²) in [5.74, 6) is 0.707. The highest BCUT2D eigenvalue weighted by Gasteiger charge is 2.23. The molecule has 1 aromatic heterocycles. The van der Waals surface area contributed by atoms with Gasteiger partial charge in [0.05, 0.1) is 13.2 Å². The van der Waals surface area contributed by atoms with Gasteiger partial charge in [-0.1, -0.05) is 18.2 Å². The van der Waals surface area contributed by atoms with Crippen LogP contribution in [0.3, 0.4) is 0 Å². The van der Waals surface area contributed by atoms with E-state index in [-0.39, 0.29) is 0 Å². The van der Waals surface area contributed by atoms with Gasteiger partial charge >= 0.3 is 0 Å². The second-order valence-electron chi connectivity index (χ2n) is 6.92. The van der Waals surface area contributed by atoms with E-state index in [4.69, 9.17) is 4.74 Å². The van der Waals surface area contributed by atoms with Crippen molar-refractivity contribution in [2.45, 2.75) is 31.2 Å². The molecule has 1 aromatic carbocycles. The standard InChI is InChI=1S/C19H27N3O/c1-2-4-19-17(3-1)18(13-21-19)15-5-9-22(10-6-15)11-7-16-14-23-12-8-20-16/h1-4,13,15-16,20-21H,5-12,14H2. The smallest absolute Gasteiger partial charge is 0.0620 e. The highest BCUT2D eigenvalue weighted by Crippen LogP contribution is 2.33. The lowest BCUT2D eigenvalue weighted by Crippen LogP contribution is -2.44. The first kappa shape index (κ1) is 15.2. The highest BCUT2D eigenvalue weighted by molar-refractivity contribution is 5.83. The van der Waals surface area contributed by atoms with Gasteiger partial charge in [-0.15, -0.1) is 0 Å². The molecule has 1 unspecified atom stereocenters. The largest absolute Gasteiger partial charge is 0.379 e. The van der Waals surface area contributed by atoms with Crippen LogP contribution in [0.2, 0.25) is 0 Å². The third-order valence-corrected chi connectivity index (χ3v) is 5.44. The van der Waals surface area contributed by atoms with E-state index in [1.165, 1.54) is 55.4 Å². The number of morpholine rings is 1. The number of nitrogens with one attached hydrogen (secondary N) is 2. The summed E-state index contributed by atoms with van der Waals surface area (Å²) in [5.41, 5.74) is 2.79. The van der Waals surface area contributed by atoms with E-state index in [1.54, 1.807) is 0 Å². The number of rotatable bonds is 4. The van der Waals surface area contributed by atoms with Gasteiger partial charge in [-0.25, -0.2) is 0 Å². The molecule has 2 aliphatic rings. The van der Waals surface area contributed by atoms with Gasteiger partial charge in [0.1, 0.15) is 0 Å². The minimum absolute atomic E-state index is 0.551. The summed E-state index contributed by atoms with van der Waals surface area (Å²) in [5, 5.41) is 4.97. The van der Waals surface area contributed by atoms with Gasteiger partial charge in [-0.05, 0) is 56.4 Å². The fourth-order valence-corrected chi connectivity index (χ4v) is 4.04. The molecule has 124 valence electrons. The topological polar surface area (TPSA) is 40.3 Å². The minimum atomic E-state index is 0.551. The zero-order valence-electron chi connectivity index (χ0n) is 13.8. The van der Waals surface area contributed by atoms with Gasteiger partial charge in [0.25, 0.3) is 0 Å². The Hall–Kier alpha value is -1.36. The van der Waals surface area contributed by atoms with Crippen LogP contribution in [0.25, 0.3) is 10.9 Å². The van der Waals surface area contributed by atoms with Crippen LogP contribution in [-0.4, -0.2) is 55.3 Å². The number of aromatic amines is 1. The van der Waals surface area contributed by atoms with Gasteiger partial charge < -0.3 is 19.9 Å². The van der Waals surface area contributed by atoms with E-state index in [2.05, 4.69) is 45.7 Å². The monoisotopic (exact) mass is 313 g/mol. The van der Waals surface area contributed by atoms with E-state index in [9.17, 15) is 0 Å². The molecule has 2 N–H and O–H groups in total. The minimum Gasteiger partial charge on any atom is -0.379 e. The molecule has 2 aliphatic heterocycles. The Kier molecular flexibility index (Phi) is 4.64. The molecule has 23 heavy (non-hydrogen) atoms. The second-order valence-corrected chi connectivity index (χ2v) is 6.92. The maximum atomic E-state index is 5.54. The summed E-state index contributed by atoms with van der Waals surface area (Å²) in [6.07, 6.45) is 5.99. The molecule has 3 heterocycles. The van der Waals surface area contributed by atoms with Gasteiger partial charge in [-0.2, -0.15) is 0 Å². The van der Waals surface area contributed by atoms with E-state index in [1.807, 2.05) is 0 Å². The first-order chi connectivity index (χ1) is 11.4. The summed E-state index contributed by atoms with van der Waals surface area (Å²) >= 11 is 0. The number of fused-ring (bicyclic) bond motifs is 1. The van der Waals surface area contributed by atoms with Crippen LogP contribution in [0.15, 0.2) is 30.5 Å². The predicted molar refractivity (Wildman–Crippen MR) is 93.9 cm³/mol. The van der Waals surface area contributed by atoms with Crippen LogP contribution in [0.4, 0.5) is 0 Å². The van der Waals surface area contributed by atoms with Gasteiger partial charge in [0, 0.05) is 29.7 Å². The van der Waals surface area contributed by atoms with Crippen LogP contribution in [0, 0.1) is 0 Å². The molecule has 0 radical (unpaired) electrons. The van der Waals surface area contributed by atoms with Gasteiger partial charge in [0.2, 0.25) is 0 Å². The molecule has 2 fully saturated rings. The average molecular weight is 313 g/mol. The number of hydrogen-bond donors (Lipinski definition) is 2. The Morgan fingerprint density at radius 1 is 1.17 bits per heavy atom. The number of benzene rings is 1. The fraction of sp³-hybridized carbons (Fsp3) is 0.579. The number of hydrogen-bond acceptors (Lipinski definition) is 3. The molecule has 1 atom stereocenters. The molecule has 4 rings (SSSR count). The van der Waals surface area contributed by atoms with E-state index in [0.717, 1.165) is 19.8 Å². The summed E-state index contributed by atoms with van der Waals surface area (Å²) in [6, 6.07) is 9.23. The molecule has 0 aliphatic carbocycles. The Morgan fingerprint density at radius 3 is 2.87 bits per heavy atom. The number of para-hydroxylation sites is 1. The molecule has 0 bridgehead atoms. The number of H-pyrrole nitrogens is 1.